The number of rotatable bonds is 2. The third-order valence-corrected chi connectivity index (χ3v) is 4.33. The van der Waals surface area contributed by atoms with Gasteiger partial charge in [-0.05, 0) is 43.2 Å². The van der Waals surface area contributed by atoms with Crippen molar-refractivity contribution in [1.29, 1.82) is 0 Å². The summed E-state index contributed by atoms with van der Waals surface area (Å²) in [6.45, 7) is 4.07. The van der Waals surface area contributed by atoms with Crippen molar-refractivity contribution < 1.29 is 4.79 Å². The number of hydrogen-bond acceptors (Lipinski definition) is 1. The van der Waals surface area contributed by atoms with Crippen molar-refractivity contribution in [3.05, 3.63) is 69.3 Å². The van der Waals surface area contributed by atoms with Gasteiger partial charge in [-0.3, -0.25) is 4.79 Å². The SMILES string of the molecule is Cc1ccc(C(=O)c2c[nH]c3cccc(Br)c23)cc1C. The second kappa shape index (κ2) is 4.91. The Morgan fingerprint density at radius 2 is 1.90 bits per heavy atom. The molecule has 0 spiro atoms. The molecule has 0 bridgehead atoms. The Bertz CT molecular complexity index is 817. The Morgan fingerprint density at radius 1 is 1.10 bits per heavy atom. The van der Waals surface area contributed by atoms with Gasteiger partial charge >= 0.3 is 0 Å². The lowest BCUT2D eigenvalue weighted by molar-refractivity contribution is 0.104. The van der Waals surface area contributed by atoms with E-state index in [4.69, 9.17) is 0 Å². The summed E-state index contributed by atoms with van der Waals surface area (Å²) in [5.41, 5.74) is 4.73. The molecule has 2 nitrogen and oxygen atoms in total. The number of H-pyrrole nitrogens is 1. The third kappa shape index (κ3) is 2.08. The molecule has 3 aromatic rings. The summed E-state index contributed by atoms with van der Waals surface area (Å²) in [6.07, 6.45) is 1.78. The van der Waals surface area contributed by atoms with Gasteiger partial charge in [-0.25, -0.2) is 0 Å². The van der Waals surface area contributed by atoms with Crippen LogP contribution < -0.4 is 0 Å². The fourth-order valence-corrected chi connectivity index (χ4v) is 2.94. The summed E-state index contributed by atoms with van der Waals surface area (Å²) in [6, 6.07) is 11.7. The minimum absolute atomic E-state index is 0.0475. The van der Waals surface area contributed by atoms with Gasteiger partial charge in [0.25, 0.3) is 0 Å². The smallest absolute Gasteiger partial charge is 0.195 e. The molecule has 3 heteroatoms. The summed E-state index contributed by atoms with van der Waals surface area (Å²) in [4.78, 5) is 15.9. The van der Waals surface area contributed by atoms with Gasteiger partial charge in [0.2, 0.25) is 0 Å². The van der Waals surface area contributed by atoms with Gasteiger partial charge in [0.05, 0.1) is 0 Å². The molecule has 0 aliphatic carbocycles. The molecule has 0 saturated heterocycles. The number of carbonyl (C=O) groups is 1. The number of hydrogen-bond donors (Lipinski definition) is 1. The number of fused-ring (bicyclic) bond motifs is 1. The van der Waals surface area contributed by atoms with Crippen LogP contribution in [0.1, 0.15) is 27.0 Å². The number of aryl methyl sites for hydroxylation is 2. The molecule has 0 saturated carbocycles. The van der Waals surface area contributed by atoms with Crippen LogP contribution in [0.15, 0.2) is 47.1 Å². The summed E-state index contributed by atoms with van der Waals surface area (Å²) in [5, 5.41) is 0.940. The largest absolute Gasteiger partial charge is 0.360 e. The topological polar surface area (TPSA) is 32.9 Å². The van der Waals surface area contributed by atoms with Crippen molar-refractivity contribution in [2.75, 3.05) is 0 Å². The Balaban J connectivity index is 2.15. The van der Waals surface area contributed by atoms with Gasteiger partial charge in [0, 0.05) is 32.7 Å². The maximum atomic E-state index is 12.7. The van der Waals surface area contributed by atoms with E-state index < -0.39 is 0 Å². The van der Waals surface area contributed by atoms with E-state index in [2.05, 4.69) is 20.9 Å². The molecular formula is C17H14BrNO. The molecule has 0 aliphatic heterocycles. The third-order valence-electron chi connectivity index (χ3n) is 3.67. The molecule has 1 N–H and O–H groups in total. The molecule has 0 fully saturated rings. The van der Waals surface area contributed by atoms with Gasteiger partial charge in [-0.2, -0.15) is 0 Å². The summed E-state index contributed by atoms with van der Waals surface area (Å²) in [5.74, 6) is 0.0475. The fourth-order valence-electron chi connectivity index (χ4n) is 2.36. The molecule has 0 atom stereocenters. The molecule has 0 amide bonds. The van der Waals surface area contributed by atoms with E-state index in [1.54, 1.807) is 6.20 Å². The van der Waals surface area contributed by atoms with Crippen LogP contribution in [0.3, 0.4) is 0 Å². The predicted octanol–water partition coefficient (Wildman–Crippen LogP) is 4.78. The van der Waals surface area contributed by atoms with Crippen LogP contribution in [0, 0.1) is 13.8 Å². The van der Waals surface area contributed by atoms with Crippen LogP contribution in [-0.2, 0) is 0 Å². The van der Waals surface area contributed by atoms with Crippen LogP contribution in [0.25, 0.3) is 10.9 Å². The van der Waals surface area contributed by atoms with Crippen molar-refractivity contribution in [1.82, 2.24) is 4.98 Å². The molecule has 0 radical (unpaired) electrons. The number of aromatic nitrogens is 1. The summed E-state index contributed by atoms with van der Waals surface area (Å²) >= 11 is 3.52. The van der Waals surface area contributed by atoms with E-state index in [0.717, 1.165) is 26.5 Å². The minimum Gasteiger partial charge on any atom is -0.360 e. The molecule has 0 unspecified atom stereocenters. The number of halogens is 1. The Kier molecular flexibility index (Phi) is 3.22. The molecule has 100 valence electrons. The van der Waals surface area contributed by atoms with Gasteiger partial charge in [0.1, 0.15) is 0 Å². The summed E-state index contributed by atoms with van der Waals surface area (Å²) in [7, 11) is 0. The standard InChI is InChI=1S/C17H14BrNO/c1-10-6-7-12(8-11(10)2)17(20)13-9-19-15-5-3-4-14(18)16(13)15/h3-9,19H,1-2H3. The van der Waals surface area contributed by atoms with E-state index in [0.29, 0.717) is 5.56 Å². The first-order valence-electron chi connectivity index (χ1n) is 6.45. The average Bonchev–Trinajstić information content (AvgIpc) is 2.86. The predicted molar refractivity (Wildman–Crippen MR) is 85.3 cm³/mol. The van der Waals surface area contributed by atoms with Gasteiger partial charge in [-0.15, -0.1) is 0 Å². The van der Waals surface area contributed by atoms with Crippen LogP contribution >= 0.6 is 15.9 Å². The molecule has 1 aromatic heterocycles. The maximum Gasteiger partial charge on any atom is 0.195 e. The van der Waals surface area contributed by atoms with Crippen LogP contribution in [-0.4, -0.2) is 10.8 Å². The van der Waals surface area contributed by atoms with Crippen LogP contribution in [0.4, 0.5) is 0 Å². The quantitative estimate of drug-likeness (QED) is 0.675. The van der Waals surface area contributed by atoms with Crippen molar-refractivity contribution >= 4 is 32.6 Å². The lowest BCUT2D eigenvalue weighted by atomic mass is 9.99. The first kappa shape index (κ1) is 13.1. The normalized spacial score (nSPS) is 10.9. The zero-order valence-electron chi connectivity index (χ0n) is 11.3. The zero-order valence-corrected chi connectivity index (χ0v) is 12.9. The second-order valence-corrected chi connectivity index (χ2v) is 5.85. The summed E-state index contributed by atoms with van der Waals surface area (Å²) < 4.78 is 0.934. The molecule has 3 rings (SSSR count). The van der Waals surface area contributed by atoms with Gasteiger partial charge < -0.3 is 4.98 Å². The molecule has 20 heavy (non-hydrogen) atoms. The first-order valence-corrected chi connectivity index (χ1v) is 7.25. The van der Waals surface area contributed by atoms with Crippen molar-refractivity contribution in [3.63, 3.8) is 0 Å². The maximum absolute atomic E-state index is 12.7. The van der Waals surface area contributed by atoms with E-state index >= 15 is 0 Å². The number of carbonyl (C=O) groups excluding carboxylic acids is 1. The van der Waals surface area contributed by atoms with E-state index in [1.807, 2.05) is 50.2 Å². The highest BCUT2D eigenvalue weighted by Crippen LogP contribution is 2.28. The van der Waals surface area contributed by atoms with E-state index in [9.17, 15) is 4.79 Å². The number of ketones is 1. The zero-order chi connectivity index (χ0) is 14.3. The Morgan fingerprint density at radius 3 is 2.65 bits per heavy atom. The van der Waals surface area contributed by atoms with Crippen molar-refractivity contribution in [3.8, 4) is 0 Å². The molecule has 0 aliphatic rings. The van der Waals surface area contributed by atoms with Crippen LogP contribution in [0.2, 0.25) is 0 Å². The lowest BCUT2D eigenvalue weighted by Gasteiger charge is -2.04. The fraction of sp³-hybridized carbons (Fsp3) is 0.118. The lowest BCUT2D eigenvalue weighted by Crippen LogP contribution is -2.01. The van der Waals surface area contributed by atoms with Gasteiger partial charge in [0.15, 0.2) is 5.78 Å². The average molecular weight is 328 g/mol. The monoisotopic (exact) mass is 327 g/mol. The number of benzene rings is 2. The van der Waals surface area contributed by atoms with E-state index in [-0.39, 0.29) is 5.78 Å². The van der Waals surface area contributed by atoms with E-state index in [1.165, 1.54) is 5.56 Å². The molecule has 1 heterocycles. The highest BCUT2D eigenvalue weighted by molar-refractivity contribution is 9.10. The molecule has 2 aromatic carbocycles. The molecular weight excluding hydrogens is 314 g/mol. The highest BCUT2D eigenvalue weighted by atomic mass is 79.9. The van der Waals surface area contributed by atoms with Crippen molar-refractivity contribution in [2.45, 2.75) is 13.8 Å². The van der Waals surface area contributed by atoms with Crippen LogP contribution in [0.5, 0.6) is 0 Å². The second-order valence-electron chi connectivity index (χ2n) is 4.99. The number of nitrogens with one attached hydrogen (secondary N) is 1. The minimum atomic E-state index is 0.0475. The number of aromatic amines is 1. The van der Waals surface area contributed by atoms with Crippen molar-refractivity contribution in [2.24, 2.45) is 0 Å². The Hall–Kier alpha value is -1.87. The first-order chi connectivity index (χ1) is 9.58. The Labute approximate surface area is 126 Å². The van der Waals surface area contributed by atoms with Gasteiger partial charge in [-0.1, -0.05) is 34.1 Å². The highest BCUT2D eigenvalue weighted by Gasteiger charge is 2.16.